The molecule has 4 heteroatoms. The van der Waals surface area contributed by atoms with Crippen molar-refractivity contribution in [2.45, 2.75) is 32.1 Å². The molecule has 1 N–H and O–H groups in total. The van der Waals surface area contributed by atoms with Gasteiger partial charge in [0.2, 0.25) is 0 Å². The van der Waals surface area contributed by atoms with Crippen molar-refractivity contribution in [3.8, 4) is 0 Å². The van der Waals surface area contributed by atoms with E-state index in [-0.39, 0.29) is 11.7 Å². The first-order valence-electron chi connectivity index (χ1n) is 6.93. The molecular weight excluding hydrogens is 272 g/mol. The Morgan fingerprint density at radius 1 is 1.15 bits per heavy atom. The van der Waals surface area contributed by atoms with Crippen molar-refractivity contribution in [2.24, 2.45) is 11.8 Å². The van der Waals surface area contributed by atoms with E-state index in [9.17, 15) is 14.7 Å². The minimum Gasteiger partial charge on any atom is -0.481 e. The van der Waals surface area contributed by atoms with Crippen LogP contribution in [0.25, 0.3) is 0 Å². The topological polar surface area (TPSA) is 54.4 Å². The van der Waals surface area contributed by atoms with E-state index in [0.29, 0.717) is 24.8 Å². The van der Waals surface area contributed by atoms with Gasteiger partial charge in [-0.05, 0) is 23.8 Å². The summed E-state index contributed by atoms with van der Waals surface area (Å²) in [7, 11) is 0. The molecule has 0 amide bonds. The summed E-state index contributed by atoms with van der Waals surface area (Å²) >= 11 is 4.81. The monoisotopic (exact) mass is 290 g/mol. The summed E-state index contributed by atoms with van der Waals surface area (Å²) in [5.74, 6) is -1.79. The Hall–Kier alpha value is -1.55. The number of carbonyl (C=O) groups is 2. The van der Waals surface area contributed by atoms with Crippen molar-refractivity contribution in [3.05, 3.63) is 35.4 Å². The summed E-state index contributed by atoms with van der Waals surface area (Å²) in [6, 6.07) is 7.33. The van der Waals surface area contributed by atoms with Crippen LogP contribution in [-0.4, -0.2) is 22.2 Å². The van der Waals surface area contributed by atoms with Crippen LogP contribution in [0.2, 0.25) is 0 Å². The van der Waals surface area contributed by atoms with E-state index in [2.05, 4.69) is 0 Å². The van der Waals surface area contributed by atoms with Crippen molar-refractivity contribution in [1.82, 2.24) is 0 Å². The minimum absolute atomic E-state index is 0.0361. The fourth-order valence-corrected chi connectivity index (χ4v) is 3.05. The predicted molar refractivity (Wildman–Crippen MR) is 81.2 cm³/mol. The molecule has 3 nitrogen and oxygen atoms in total. The smallest absolute Gasteiger partial charge is 0.307 e. The average molecular weight is 290 g/mol. The lowest BCUT2D eigenvalue weighted by Crippen LogP contribution is -2.32. The lowest BCUT2D eigenvalue weighted by molar-refractivity contribution is -0.144. The Kier molecular flexibility index (Phi) is 5.01. The van der Waals surface area contributed by atoms with Crippen LogP contribution >= 0.6 is 12.2 Å². The summed E-state index contributed by atoms with van der Waals surface area (Å²) in [6.45, 7) is 0. The number of thiocarbonyl (C=S) groups is 1. The van der Waals surface area contributed by atoms with Crippen LogP contribution in [0.5, 0.6) is 0 Å². The molecule has 2 rings (SSSR count). The summed E-state index contributed by atoms with van der Waals surface area (Å²) in [6.07, 6.45) is 3.81. The number of Topliss-reactive ketones (excluding diaryl/α,β-unsaturated/α-hetero) is 1. The van der Waals surface area contributed by atoms with Crippen molar-refractivity contribution < 1.29 is 14.7 Å². The van der Waals surface area contributed by atoms with Crippen LogP contribution in [0.1, 0.15) is 41.6 Å². The highest BCUT2D eigenvalue weighted by atomic mass is 32.1. The third kappa shape index (κ3) is 3.31. The minimum atomic E-state index is -0.847. The quantitative estimate of drug-likeness (QED) is 0.668. The second-order valence-electron chi connectivity index (χ2n) is 5.27. The fraction of sp³-hybridized carbons (Fsp3) is 0.438. The lowest BCUT2D eigenvalue weighted by atomic mass is 9.75. The summed E-state index contributed by atoms with van der Waals surface area (Å²) in [4.78, 5) is 23.8. The number of hydrogen-bond acceptors (Lipinski definition) is 3. The molecule has 0 aromatic heterocycles. The molecule has 1 saturated carbocycles. The van der Waals surface area contributed by atoms with E-state index in [1.54, 1.807) is 17.5 Å². The first kappa shape index (κ1) is 14.9. The van der Waals surface area contributed by atoms with Crippen LogP contribution in [0.3, 0.4) is 0 Å². The van der Waals surface area contributed by atoms with Crippen LogP contribution in [0.4, 0.5) is 0 Å². The molecule has 20 heavy (non-hydrogen) atoms. The highest BCUT2D eigenvalue weighted by molar-refractivity contribution is 7.78. The molecule has 0 aliphatic heterocycles. The van der Waals surface area contributed by atoms with E-state index in [1.165, 1.54) is 0 Å². The van der Waals surface area contributed by atoms with E-state index >= 15 is 0 Å². The molecule has 1 fully saturated rings. The number of rotatable bonds is 5. The van der Waals surface area contributed by atoms with Gasteiger partial charge in [-0.3, -0.25) is 9.59 Å². The molecule has 2 atom stereocenters. The Bertz CT molecular complexity index is 507. The molecule has 0 radical (unpaired) electrons. The maximum atomic E-state index is 12.5. The second kappa shape index (κ2) is 6.75. The molecule has 1 aliphatic carbocycles. The van der Waals surface area contributed by atoms with Crippen molar-refractivity contribution in [1.29, 1.82) is 0 Å². The number of carboxylic acids is 1. The highest BCUT2D eigenvalue weighted by Crippen LogP contribution is 2.32. The van der Waals surface area contributed by atoms with E-state index in [1.807, 2.05) is 12.1 Å². The number of aliphatic carboxylic acids is 1. The first-order chi connectivity index (χ1) is 9.63. The average Bonchev–Trinajstić information content (AvgIpc) is 2.47. The van der Waals surface area contributed by atoms with Crippen LogP contribution in [0.15, 0.2) is 24.3 Å². The van der Waals surface area contributed by atoms with E-state index in [4.69, 9.17) is 12.2 Å². The van der Waals surface area contributed by atoms with Gasteiger partial charge in [0.15, 0.2) is 5.78 Å². The van der Waals surface area contributed by atoms with Gasteiger partial charge in [-0.15, -0.1) is 0 Å². The molecule has 0 spiro atoms. The van der Waals surface area contributed by atoms with Crippen LogP contribution < -0.4 is 0 Å². The predicted octanol–water partition coefficient (Wildman–Crippen LogP) is 3.30. The molecule has 106 valence electrons. The van der Waals surface area contributed by atoms with Gasteiger partial charge >= 0.3 is 5.97 Å². The molecule has 0 bridgehead atoms. The van der Waals surface area contributed by atoms with Crippen molar-refractivity contribution in [2.75, 3.05) is 0 Å². The summed E-state index contributed by atoms with van der Waals surface area (Å²) < 4.78 is 0. The Morgan fingerprint density at radius 3 is 2.30 bits per heavy atom. The summed E-state index contributed by atoms with van der Waals surface area (Å²) in [5.41, 5.74) is 1.67. The van der Waals surface area contributed by atoms with Crippen LogP contribution in [-0.2, 0) is 11.2 Å². The third-order valence-electron chi connectivity index (χ3n) is 3.98. The zero-order chi connectivity index (χ0) is 14.5. The molecule has 1 aromatic rings. The molecule has 0 unspecified atom stereocenters. The Labute approximate surface area is 124 Å². The number of benzene rings is 1. The van der Waals surface area contributed by atoms with E-state index in [0.717, 1.165) is 18.4 Å². The normalized spacial score (nSPS) is 22.2. The van der Waals surface area contributed by atoms with Gasteiger partial charge in [-0.1, -0.05) is 49.3 Å². The summed E-state index contributed by atoms with van der Waals surface area (Å²) in [5, 5.41) is 10.9. The largest absolute Gasteiger partial charge is 0.481 e. The van der Waals surface area contributed by atoms with Crippen LogP contribution in [0, 0.1) is 11.8 Å². The van der Waals surface area contributed by atoms with Gasteiger partial charge in [-0.25, -0.2) is 0 Å². The fourth-order valence-electron chi connectivity index (χ4n) is 2.86. The van der Waals surface area contributed by atoms with Gasteiger partial charge in [0, 0.05) is 17.9 Å². The van der Waals surface area contributed by atoms with Gasteiger partial charge in [0.05, 0.1) is 5.92 Å². The first-order valence-corrected chi connectivity index (χ1v) is 7.40. The zero-order valence-corrected chi connectivity index (χ0v) is 12.1. The third-order valence-corrected chi connectivity index (χ3v) is 4.14. The Balaban J connectivity index is 2.16. The number of hydrogen-bond donors (Lipinski definition) is 1. The highest BCUT2D eigenvalue weighted by Gasteiger charge is 2.35. The van der Waals surface area contributed by atoms with E-state index < -0.39 is 11.9 Å². The van der Waals surface area contributed by atoms with Crippen molar-refractivity contribution >= 4 is 29.3 Å². The SMILES string of the molecule is O=C(c1ccc(CC=S)cc1)[C@H]1CCCC[C@H]1C(=O)O. The van der Waals surface area contributed by atoms with Crippen molar-refractivity contribution in [3.63, 3.8) is 0 Å². The molecular formula is C16H18O3S. The van der Waals surface area contributed by atoms with Gasteiger partial charge in [0.25, 0.3) is 0 Å². The van der Waals surface area contributed by atoms with Gasteiger partial charge in [0.1, 0.15) is 0 Å². The maximum absolute atomic E-state index is 12.5. The van der Waals surface area contributed by atoms with Gasteiger partial charge in [-0.2, -0.15) is 0 Å². The lowest BCUT2D eigenvalue weighted by Gasteiger charge is -2.27. The van der Waals surface area contributed by atoms with Gasteiger partial charge < -0.3 is 5.11 Å². The number of ketones is 1. The molecule has 1 aliphatic rings. The number of carbonyl (C=O) groups excluding carboxylic acids is 1. The maximum Gasteiger partial charge on any atom is 0.307 e. The molecule has 0 saturated heterocycles. The zero-order valence-electron chi connectivity index (χ0n) is 11.2. The second-order valence-corrected chi connectivity index (χ2v) is 5.60. The number of carboxylic acid groups (broad SMARTS) is 1. The molecule has 1 aromatic carbocycles. The standard InChI is InChI=1S/C16H18O3S/c17-15(12-7-5-11(6-8-12)9-10-20)13-3-1-2-4-14(13)16(18)19/h5-8,10,13-14H,1-4,9H2,(H,18,19)/t13-,14+/m0/s1. The molecule has 0 heterocycles. The Morgan fingerprint density at radius 2 is 1.75 bits per heavy atom.